The van der Waals surface area contributed by atoms with Gasteiger partial charge in [-0.2, -0.15) is 0 Å². The molecule has 3 atom stereocenters. The van der Waals surface area contributed by atoms with E-state index in [2.05, 4.69) is 52.1 Å². The molecule has 1 saturated heterocycles. The van der Waals surface area contributed by atoms with Gasteiger partial charge in [-0.1, -0.05) is 33.8 Å². The number of hydrogen-bond donors (Lipinski definition) is 1. The zero-order valence-corrected chi connectivity index (χ0v) is 15.7. The van der Waals surface area contributed by atoms with Crippen LogP contribution in [0.15, 0.2) is 12.1 Å². The molecule has 23 heavy (non-hydrogen) atoms. The van der Waals surface area contributed by atoms with Crippen LogP contribution in [0.5, 0.6) is 5.75 Å². The van der Waals surface area contributed by atoms with Crippen molar-refractivity contribution in [2.45, 2.75) is 72.1 Å². The Balaban J connectivity index is 1.94. The van der Waals surface area contributed by atoms with Crippen LogP contribution in [-0.2, 0) is 15.7 Å². The molecule has 0 amide bonds. The van der Waals surface area contributed by atoms with Crippen molar-refractivity contribution in [1.82, 2.24) is 5.32 Å². The van der Waals surface area contributed by atoms with Crippen LogP contribution in [0, 0.1) is 12.3 Å². The molecule has 3 nitrogen and oxygen atoms in total. The Labute approximate surface area is 140 Å². The number of hydrogen-bond acceptors (Lipinski definition) is 3. The molecule has 3 rings (SSSR count). The molecule has 1 aromatic carbocycles. The number of fused-ring (bicyclic) bond motifs is 4. The topological polar surface area (TPSA) is 30.5 Å². The Morgan fingerprint density at radius 2 is 2.00 bits per heavy atom. The van der Waals surface area contributed by atoms with Gasteiger partial charge in [0.2, 0.25) is 0 Å². The molecule has 1 N–H and O–H groups in total. The van der Waals surface area contributed by atoms with Crippen LogP contribution in [0.3, 0.4) is 0 Å². The minimum absolute atomic E-state index is 0.148. The highest BCUT2D eigenvalue weighted by Gasteiger charge is 2.67. The molecule has 1 heterocycles. The van der Waals surface area contributed by atoms with Gasteiger partial charge in [0.1, 0.15) is 5.75 Å². The van der Waals surface area contributed by atoms with Crippen LogP contribution < -0.4 is 10.1 Å². The Morgan fingerprint density at radius 1 is 1.30 bits per heavy atom. The minimum Gasteiger partial charge on any atom is -0.465 e. The highest BCUT2D eigenvalue weighted by atomic mass is 16.7. The molecule has 1 aliphatic heterocycles. The fraction of sp³-hybridized carbons (Fsp3) is 0.700. The second-order valence-corrected chi connectivity index (χ2v) is 8.58. The van der Waals surface area contributed by atoms with Crippen molar-refractivity contribution >= 4 is 0 Å². The summed E-state index contributed by atoms with van der Waals surface area (Å²) in [6.07, 6.45) is 0.960. The smallest absolute Gasteiger partial charge is 0.196 e. The summed E-state index contributed by atoms with van der Waals surface area (Å²) < 4.78 is 11.5. The average molecular weight is 317 g/mol. The van der Waals surface area contributed by atoms with Gasteiger partial charge in [-0.05, 0) is 55.4 Å². The summed E-state index contributed by atoms with van der Waals surface area (Å²) in [4.78, 5) is 0. The molecule has 0 bridgehead atoms. The van der Waals surface area contributed by atoms with Crippen LogP contribution in [0.2, 0.25) is 0 Å². The standard InChI is InChI=1S/C20H31NO2/c1-8-22-14(3)23-16-10-9-15-17(13(16)2)19(7)12-21-20(15,19)11-18(4,5)6/h9-10,14,21H,8,11-12H2,1-7H3. The largest absolute Gasteiger partial charge is 0.465 e. The first-order valence-corrected chi connectivity index (χ1v) is 8.82. The molecule has 128 valence electrons. The second-order valence-electron chi connectivity index (χ2n) is 8.58. The van der Waals surface area contributed by atoms with E-state index >= 15 is 0 Å². The summed E-state index contributed by atoms with van der Waals surface area (Å²) in [5.74, 6) is 0.960. The highest BCUT2D eigenvalue weighted by molar-refractivity contribution is 5.64. The first kappa shape index (κ1) is 16.8. The summed E-state index contributed by atoms with van der Waals surface area (Å²) in [6.45, 7) is 17.3. The number of nitrogens with one attached hydrogen (secondary N) is 1. The van der Waals surface area contributed by atoms with E-state index in [-0.39, 0.29) is 17.2 Å². The molecular formula is C20H31NO2. The van der Waals surface area contributed by atoms with E-state index < -0.39 is 0 Å². The maximum Gasteiger partial charge on any atom is 0.196 e. The Kier molecular flexibility index (Phi) is 3.81. The predicted octanol–water partition coefficient (Wildman–Crippen LogP) is 4.26. The van der Waals surface area contributed by atoms with Crippen LogP contribution >= 0.6 is 0 Å². The van der Waals surface area contributed by atoms with Crippen molar-refractivity contribution in [3.05, 3.63) is 28.8 Å². The minimum atomic E-state index is -0.205. The van der Waals surface area contributed by atoms with Crippen molar-refractivity contribution in [2.24, 2.45) is 5.41 Å². The maximum atomic E-state index is 6.00. The van der Waals surface area contributed by atoms with E-state index in [4.69, 9.17) is 9.47 Å². The third kappa shape index (κ3) is 2.32. The number of benzene rings is 1. The van der Waals surface area contributed by atoms with Crippen molar-refractivity contribution in [1.29, 1.82) is 0 Å². The van der Waals surface area contributed by atoms with E-state index in [1.54, 1.807) is 0 Å². The van der Waals surface area contributed by atoms with Crippen molar-refractivity contribution in [3.63, 3.8) is 0 Å². The summed E-state index contributed by atoms with van der Waals surface area (Å²) in [6, 6.07) is 4.38. The highest BCUT2D eigenvalue weighted by Crippen LogP contribution is 2.65. The summed E-state index contributed by atoms with van der Waals surface area (Å²) >= 11 is 0. The van der Waals surface area contributed by atoms with Crippen LogP contribution in [0.1, 0.15) is 64.7 Å². The molecular weight excluding hydrogens is 286 g/mol. The second kappa shape index (κ2) is 5.22. The van der Waals surface area contributed by atoms with Gasteiger partial charge in [-0.15, -0.1) is 0 Å². The molecule has 0 aromatic heterocycles. The molecule has 3 unspecified atom stereocenters. The van der Waals surface area contributed by atoms with E-state index in [0.29, 0.717) is 12.0 Å². The quantitative estimate of drug-likeness (QED) is 0.823. The number of ether oxygens (including phenoxy) is 2. The molecule has 0 radical (unpaired) electrons. The fourth-order valence-corrected chi connectivity index (χ4v) is 4.68. The lowest BCUT2D eigenvalue weighted by Crippen LogP contribution is -2.79. The van der Waals surface area contributed by atoms with Crippen LogP contribution in [-0.4, -0.2) is 19.4 Å². The molecule has 1 aliphatic carbocycles. The van der Waals surface area contributed by atoms with Gasteiger partial charge >= 0.3 is 0 Å². The molecule has 0 saturated carbocycles. The van der Waals surface area contributed by atoms with Crippen LogP contribution in [0.25, 0.3) is 0 Å². The first-order valence-electron chi connectivity index (χ1n) is 8.82. The van der Waals surface area contributed by atoms with Gasteiger partial charge in [0.15, 0.2) is 6.29 Å². The summed E-state index contributed by atoms with van der Waals surface area (Å²) in [7, 11) is 0. The fourth-order valence-electron chi connectivity index (χ4n) is 4.68. The molecule has 2 aliphatic rings. The molecule has 0 spiro atoms. The Bertz CT molecular complexity index is 619. The average Bonchev–Trinajstić information content (AvgIpc) is 2.44. The van der Waals surface area contributed by atoms with E-state index in [9.17, 15) is 0 Å². The third-order valence-corrected chi connectivity index (χ3v) is 5.60. The van der Waals surface area contributed by atoms with Gasteiger partial charge in [-0.3, -0.25) is 0 Å². The predicted molar refractivity (Wildman–Crippen MR) is 94.0 cm³/mol. The Hall–Kier alpha value is -1.06. The van der Waals surface area contributed by atoms with Gasteiger partial charge in [-0.25, -0.2) is 0 Å². The molecule has 3 heteroatoms. The molecule has 1 aromatic rings. The third-order valence-electron chi connectivity index (χ3n) is 5.60. The Morgan fingerprint density at radius 3 is 2.52 bits per heavy atom. The number of rotatable bonds is 5. The maximum absolute atomic E-state index is 6.00. The normalized spacial score (nSPS) is 29.9. The lowest BCUT2D eigenvalue weighted by molar-refractivity contribution is -0.0625. The van der Waals surface area contributed by atoms with Gasteiger partial charge in [0.05, 0.1) is 5.54 Å². The van der Waals surface area contributed by atoms with E-state index in [1.807, 2.05) is 13.8 Å². The van der Waals surface area contributed by atoms with Crippen LogP contribution in [0.4, 0.5) is 0 Å². The lowest BCUT2D eigenvalue weighted by Gasteiger charge is -2.70. The van der Waals surface area contributed by atoms with E-state index in [1.165, 1.54) is 23.1 Å². The molecule has 1 fully saturated rings. The van der Waals surface area contributed by atoms with Crippen molar-refractivity contribution in [3.8, 4) is 5.75 Å². The monoisotopic (exact) mass is 317 g/mol. The van der Waals surface area contributed by atoms with Gasteiger partial charge in [0, 0.05) is 18.6 Å². The van der Waals surface area contributed by atoms with Gasteiger partial charge < -0.3 is 14.8 Å². The zero-order valence-electron chi connectivity index (χ0n) is 15.7. The van der Waals surface area contributed by atoms with Crippen molar-refractivity contribution in [2.75, 3.05) is 13.2 Å². The zero-order chi connectivity index (χ0) is 17.0. The summed E-state index contributed by atoms with van der Waals surface area (Å²) in [5.41, 5.74) is 4.92. The lowest BCUT2D eigenvalue weighted by atomic mass is 9.43. The SMILES string of the molecule is CCOC(C)Oc1ccc2c(c1C)C1(C)CNC21CC(C)(C)C. The van der Waals surface area contributed by atoms with Crippen molar-refractivity contribution < 1.29 is 9.47 Å². The first-order chi connectivity index (χ1) is 10.6. The summed E-state index contributed by atoms with van der Waals surface area (Å²) in [5, 5.41) is 3.75. The van der Waals surface area contributed by atoms with E-state index in [0.717, 1.165) is 12.3 Å². The van der Waals surface area contributed by atoms with Gasteiger partial charge in [0.25, 0.3) is 0 Å².